The number of alkyl halides is 3. The van der Waals surface area contributed by atoms with Crippen LogP contribution in [0, 0.1) is 17.1 Å². The van der Waals surface area contributed by atoms with Crippen LogP contribution in [0.4, 0.5) is 23.2 Å². The minimum absolute atomic E-state index is 0.110. The van der Waals surface area contributed by atoms with Crippen LogP contribution >= 0.6 is 0 Å². The molecular formula is C29H25F4N5O2. The summed E-state index contributed by atoms with van der Waals surface area (Å²) in [7, 11) is 3.10. The van der Waals surface area contributed by atoms with Crippen LogP contribution in [-0.2, 0) is 12.7 Å². The molecule has 40 heavy (non-hydrogen) atoms. The lowest BCUT2D eigenvalue weighted by Crippen LogP contribution is -2.30. The monoisotopic (exact) mass is 551 g/mol. The Balaban J connectivity index is 1.67. The van der Waals surface area contributed by atoms with Gasteiger partial charge in [-0.25, -0.2) is 9.18 Å². The molecule has 1 fully saturated rings. The van der Waals surface area contributed by atoms with Crippen molar-refractivity contribution in [2.45, 2.75) is 25.2 Å². The van der Waals surface area contributed by atoms with Gasteiger partial charge in [0.2, 0.25) is 0 Å². The molecule has 1 atom stereocenters. The van der Waals surface area contributed by atoms with Gasteiger partial charge in [-0.05, 0) is 42.3 Å². The minimum atomic E-state index is -4.63. The van der Waals surface area contributed by atoms with E-state index in [0.717, 1.165) is 6.07 Å². The van der Waals surface area contributed by atoms with E-state index in [-0.39, 0.29) is 34.4 Å². The molecule has 11 heteroatoms. The van der Waals surface area contributed by atoms with Gasteiger partial charge in [0.05, 0.1) is 46.0 Å². The summed E-state index contributed by atoms with van der Waals surface area (Å²) >= 11 is 0. The van der Waals surface area contributed by atoms with Crippen molar-refractivity contribution < 1.29 is 22.4 Å². The summed E-state index contributed by atoms with van der Waals surface area (Å²) in [6, 6.07) is 15.6. The topological polar surface area (TPSA) is 74.3 Å². The van der Waals surface area contributed by atoms with E-state index in [4.69, 9.17) is 0 Å². The third kappa shape index (κ3) is 4.59. The molecule has 2 heterocycles. The maximum absolute atomic E-state index is 14.7. The molecule has 0 radical (unpaired) electrons. The van der Waals surface area contributed by atoms with Crippen molar-refractivity contribution in [2.24, 2.45) is 0 Å². The van der Waals surface area contributed by atoms with E-state index in [1.807, 2.05) is 6.07 Å². The highest BCUT2D eigenvalue weighted by Crippen LogP contribution is 2.35. The first-order chi connectivity index (χ1) is 19.0. The van der Waals surface area contributed by atoms with Crippen molar-refractivity contribution in [2.75, 3.05) is 32.1 Å². The minimum Gasteiger partial charge on any atom is -0.366 e. The van der Waals surface area contributed by atoms with Gasteiger partial charge < -0.3 is 9.80 Å². The van der Waals surface area contributed by atoms with E-state index in [0.29, 0.717) is 18.5 Å². The summed E-state index contributed by atoms with van der Waals surface area (Å²) < 4.78 is 58.9. The van der Waals surface area contributed by atoms with Crippen LogP contribution < -0.4 is 10.6 Å². The second-order valence-electron chi connectivity index (χ2n) is 9.90. The number of nitrogens with zero attached hydrogens (tertiary/aromatic N) is 5. The number of carbonyl (C=O) groups excluding carboxylic acids is 1. The molecule has 1 aliphatic heterocycles. The second kappa shape index (κ2) is 10.2. The van der Waals surface area contributed by atoms with Gasteiger partial charge in [-0.2, -0.15) is 18.4 Å². The zero-order chi connectivity index (χ0) is 28.8. The van der Waals surface area contributed by atoms with Crippen LogP contribution in [0.5, 0.6) is 0 Å². The van der Waals surface area contributed by atoms with E-state index >= 15 is 0 Å². The van der Waals surface area contributed by atoms with Gasteiger partial charge in [-0.3, -0.25) is 13.9 Å². The molecule has 0 aliphatic carbocycles. The molecule has 206 valence electrons. The number of benzene rings is 3. The number of anilines is 1. The Bertz CT molecular complexity index is 1710. The first-order valence-corrected chi connectivity index (χ1v) is 12.6. The van der Waals surface area contributed by atoms with E-state index in [2.05, 4.69) is 0 Å². The van der Waals surface area contributed by atoms with E-state index < -0.39 is 41.7 Å². The van der Waals surface area contributed by atoms with Crippen molar-refractivity contribution in [1.82, 2.24) is 14.0 Å². The molecule has 0 unspecified atom stereocenters. The van der Waals surface area contributed by atoms with Gasteiger partial charge >= 0.3 is 11.9 Å². The number of fused-ring (bicyclic) bond motifs is 1. The molecule has 0 bridgehead atoms. The molecule has 3 aromatic carbocycles. The summed E-state index contributed by atoms with van der Waals surface area (Å²) in [4.78, 5) is 30.1. The molecule has 0 saturated carbocycles. The molecule has 5 rings (SSSR count). The van der Waals surface area contributed by atoms with Crippen molar-refractivity contribution >= 4 is 22.6 Å². The van der Waals surface area contributed by atoms with Crippen LogP contribution in [-0.4, -0.2) is 47.1 Å². The summed E-state index contributed by atoms with van der Waals surface area (Å²) in [5.41, 5.74) is -0.445. The fourth-order valence-electron chi connectivity index (χ4n) is 5.44. The zero-order valence-corrected chi connectivity index (χ0v) is 21.7. The van der Waals surface area contributed by atoms with Gasteiger partial charge in [0.15, 0.2) is 0 Å². The van der Waals surface area contributed by atoms with Gasteiger partial charge in [-0.15, -0.1) is 0 Å². The van der Waals surface area contributed by atoms with Gasteiger partial charge in [0.1, 0.15) is 11.9 Å². The lowest BCUT2D eigenvalue weighted by atomic mass is 10.1. The lowest BCUT2D eigenvalue weighted by molar-refractivity contribution is -0.138. The average molecular weight is 552 g/mol. The molecule has 1 aliphatic rings. The summed E-state index contributed by atoms with van der Waals surface area (Å²) in [6.45, 7) is 0.143. The number of hydrogen-bond acceptors (Lipinski definition) is 4. The van der Waals surface area contributed by atoms with Crippen LogP contribution in [0.15, 0.2) is 65.5 Å². The first kappa shape index (κ1) is 27.0. The summed E-state index contributed by atoms with van der Waals surface area (Å²) in [6.07, 6.45) is -4.21. The fraction of sp³-hybridized carbons (Fsp3) is 0.276. The SMILES string of the molecule is CN(C)C(=O)c1cccc2c1n(Cc1ccccc1C(F)(F)F)c(=O)n2[C@@H]1CCN(c2c(F)cccc2C#N)C1. The number of carbonyl (C=O) groups is 1. The number of amides is 1. The lowest BCUT2D eigenvalue weighted by Gasteiger charge is -2.21. The summed E-state index contributed by atoms with van der Waals surface area (Å²) in [5, 5.41) is 9.50. The predicted molar refractivity (Wildman–Crippen MR) is 142 cm³/mol. The van der Waals surface area contributed by atoms with Crippen LogP contribution in [0.25, 0.3) is 11.0 Å². The van der Waals surface area contributed by atoms with E-state index in [1.54, 1.807) is 37.2 Å². The third-order valence-electron chi connectivity index (χ3n) is 7.22. The number of aromatic nitrogens is 2. The Kier molecular flexibility index (Phi) is 6.87. The molecule has 7 nitrogen and oxygen atoms in total. The Hall–Kier alpha value is -4.59. The van der Waals surface area contributed by atoms with Crippen LogP contribution in [0.2, 0.25) is 0 Å². The molecular weight excluding hydrogens is 526 g/mol. The highest BCUT2D eigenvalue weighted by atomic mass is 19.4. The Morgan fingerprint density at radius 1 is 1.07 bits per heavy atom. The van der Waals surface area contributed by atoms with Crippen molar-refractivity contribution in [3.8, 4) is 6.07 Å². The van der Waals surface area contributed by atoms with E-state index in [1.165, 1.54) is 50.4 Å². The van der Waals surface area contributed by atoms with Gasteiger partial charge in [-0.1, -0.05) is 30.3 Å². The maximum Gasteiger partial charge on any atom is 0.416 e. The predicted octanol–water partition coefficient (Wildman–Crippen LogP) is 5.03. The van der Waals surface area contributed by atoms with Crippen molar-refractivity contribution in [3.05, 3.63) is 99.2 Å². The smallest absolute Gasteiger partial charge is 0.366 e. The van der Waals surface area contributed by atoms with Crippen molar-refractivity contribution in [3.63, 3.8) is 0 Å². The molecule has 0 N–H and O–H groups in total. The van der Waals surface area contributed by atoms with Crippen LogP contribution in [0.3, 0.4) is 0 Å². The Morgan fingerprint density at radius 2 is 1.80 bits per heavy atom. The highest BCUT2D eigenvalue weighted by Gasteiger charge is 2.35. The number of para-hydroxylation sites is 2. The standard InChI is InChI=1S/C29H25F4N5O2/c1-35(2)27(39)21-9-6-12-24-26(21)37(16-19-7-3-4-10-22(19)29(31,32)33)28(40)38(24)20-13-14-36(17-20)25-18(15-34)8-5-11-23(25)30/h3-12,20H,13-14,16-17H2,1-2H3/t20-/m1/s1. The number of halogens is 4. The third-order valence-corrected chi connectivity index (χ3v) is 7.22. The number of hydrogen-bond donors (Lipinski definition) is 0. The number of nitriles is 1. The average Bonchev–Trinajstić information content (AvgIpc) is 3.50. The van der Waals surface area contributed by atoms with Gasteiger partial charge in [0, 0.05) is 27.2 Å². The van der Waals surface area contributed by atoms with Crippen LogP contribution in [0.1, 0.15) is 39.5 Å². The largest absolute Gasteiger partial charge is 0.416 e. The number of rotatable bonds is 5. The Morgan fingerprint density at radius 3 is 2.50 bits per heavy atom. The zero-order valence-electron chi connectivity index (χ0n) is 21.7. The molecule has 4 aromatic rings. The maximum atomic E-state index is 14.7. The Labute approximate surface area is 227 Å². The summed E-state index contributed by atoms with van der Waals surface area (Å²) in [5.74, 6) is -0.962. The second-order valence-corrected chi connectivity index (χ2v) is 9.90. The quantitative estimate of drug-likeness (QED) is 0.326. The number of imidazole rings is 1. The fourth-order valence-corrected chi connectivity index (χ4v) is 5.44. The van der Waals surface area contributed by atoms with Crippen molar-refractivity contribution in [1.29, 1.82) is 5.26 Å². The molecule has 0 spiro atoms. The van der Waals surface area contributed by atoms with Gasteiger partial charge in [0.25, 0.3) is 5.91 Å². The molecule has 1 aromatic heterocycles. The normalized spacial score (nSPS) is 15.4. The first-order valence-electron chi connectivity index (χ1n) is 12.6. The highest BCUT2D eigenvalue weighted by molar-refractivity contribution is 6.05. The molecule has 1 saturated heterocycles. The molecule has 1 amide bonds. The van der Waals surface area contributed by atoms with E-state index in [9.17, 15) is 32.4 Å².